The monoisotopic (exact) mass is 331 g/mol. The van der Waals surface area contributed by atoms with E-state index in [0.717, 1.165) is 16.5 Å². The molecule has 0 heterocycles. The molecule has 2 rings (SSSR count). The van der Waals surface area contributed by atoms with Crippen LogP contribution in [-0.4, -0.2) is 12.5 Å². The van der Waals surface area contributed by atoms with Gasteiger partial charge in [0.1, 0.15) is 0 Å². The summed E-state index contributed by atoms with van der Waals surface area (Å²) >= 11 is 3.41. The van der Waals surface area contributed by atoms with Gasteiger partial charge in [-0.25, -0.2) is 0 Å². The zero-order valence-corrected chi connectivity index (χ0v) is 13.1. The van der Waals surface area contributed by atoms with Crippen molar-refractivity contribution in [2.24, 2.45) is 0 Å². The molecular formula is C17H18BrNO. The summed E-state index contributed by atoms with van der Waals surface area (Å²) in [6.07, 6.45) is 1.29. The zero-order valence-electron chi connectivity index (χ0n) is 11.5. The lowest BCUT2D eigenvalue weighted by Crippen LogP contribution is -2.27. The smallest absolute Gasteiger partial charge is 0.224 e. The molecule has 0 bridgehead atoms. The van der Waals surface area contributed by atoms with Crippen molar-refractivity contribution >= 4 is 21.8 Å². The maximum atomic E-state index is 11.9. The Labute approximate surface area is 128 Å². The van der Waals surface area contributed by atoms with Gasteiger partial charge in [0.25, 0.3) is 0 Å². The van der Waals surface area contributed by atoms with Gasteiger partial charge >= 0.3 is 0 Å². The fourth-order valence-corrected chi connectivity index (χ4v) is 2.56. The van der Waals surface area contributed by atoms with Gasteiger partial charge in [0.2, 0.25) is 5.91 Å². The van der Waals surface area contributed by atoms with Crippen LogP contribution in [0.3, 0.4) is 0 Å². The Morgan fingerprint density at radius 2 is 1.85 bits per heavy atom. The number of hydrogen-bond acceptors (Lipinski definition) is 1. The van der Waals surface area contributed by atoms with Crippen molar-refractivity contribution in [1.29, 1.82) is 0 Å². The van der Waals surface area contributed by atoms with Gasteiger partial charge in [0.05, 0.1) is 6.42 Å². The van der Waals surface area contributed by atoms with Gasteiger partial charge in [0.15, 0.2) is 0 Å². The third kappa shape index (κ3) is 4.82. The van der Waals surface area contributed by atoms with Crippen molar-refractivity contribution in [1.82, 2.24) is 5.32 Å². The number of carbonyl (C=O) groups excluding carboxylic acids is 1. The highest BCUT2D eigenvalue weighted by atomic mass is 79.9. The molecule has 1 N–H and O–H groups in total. The molecule has 3 heteroatoms. The van der Waals surface area contributed by atoms with Crippen LogP contribution in [0, 0.1) is 6.92 Å². The minimum atomic E-state index is 0.0655. The van der Waals surface area contributed by atoms with Crippen molar-refractivity contribution in [3.63, 3.8) is 0 Å². The van der Waals surface area contributed by atoms with Crippen molar-refractivity contribution in [3.8, 4) is 0 Å². The molecule has 2 nitrogen and oxygen atoms in total. The Balaban J connectivity index is 1.78. The molecule has 0 unspecified atom stereocenters. The van der Waals surface area contributed by atoms with Crippen LogP contribution in [0.4, 0.5) is 0 Å². The maximum absolute atomic E-state index is 11.9. The van der Waals surface area contributed by atoms with Gasteiger partial charge in [-0.15, -0.1) is 0 Å². The van der Waals surface area contributed by atoms with Crippen LogP contribution < -0.4 is 5.32 Å². The number of amides is 1. The topological polar surface area (TPSA) is 29.1 Å². The van der Waals surface area contributed by atoms with Crippen molar-refractivity contribution in [2.45, 2.75) is 19.8 Å². The van der Waals surface area contributed by atoms with Gasteiger partial charge in [-0.1, -0.05) is 57.9 Å². The summed E-state index contributed by atoms with van der Waals surface area (Å²) in [4.78, 5) is 11.9. The molecule has 0 saturated carbocycles. The number of carbonyl (C=O) groups is 1. The summed E-state index contributed by atoms with van der Waals surface area (Å²) in [5.74, 6) is 0.0655. The average molecular weight is 332 g/mol. The van der Waals surface area contributed by atoms with E-state index in [1.165, 1.54) is 11.1 Å². The SMILES string of the molecule is Cc1cccc(CCNC(=O)Cc2cccc(Br)c2)c1. The van der Waals surface area contributed by atoms with Gasteiger partial charge in [0, 0.05) is 11.0 Å². The second kappa shape index (κ2) is 7.25. The third-order valence-electron chi connectivity index (χ3n) is 3.07. The van der Waals surface area contributed by atoms with Gasteiger partial charge in [-0.3, -0.25) is 4.79 Å². The first-order valence-corrected chi connectivity index (χ1v) is 7.49. The highest BCUT2D eigenvalue weighted by Crippen LogP contribution is 2.12. The molecule has 104 valence electrons. The Morgan fingerprint density at radius 1 is 1.10 bits per heavy atom. The molecule has 2 aromatic rings. The zero-order chi connectivity index (χ0) is 14.4. The number of benzene rings is 2. The van der Waals surface area contributed by atoms with E-state index in [-0.39, 0.29) is 5.91 Å². The van der Waals surface area contributed by atoms with Crippen LogP contribution >= 0.6 is 15.9 Å². The summed E-state index contributed by atoms with van der Waals surface area (Å²) < 4.78 is 1.00. The first-order valence-electron chi connectivity index (χ1n) is 6.70. The largest absolute Gasteiger partial charge is 0.355 e. The molecule has 0 saturated heterocycles. The second-order valence-corrected chi connectivity index (χ2v) is 5.81. The Kier molecular flexibility index (Phi) is 5.36. The van der Waals surface area contributed by atoms with Crippen molar-refractivity contribution in [2.75, 3.05) is 6.54 Å². The lowest BCUT2D eigenvalue weighted by molar-refractivity contribution is -0.120. The summed E-state index contributed by atoms with van der Waals surface area (Å²) in [6, 6.07) is 16.2. The van der Waals surface area contributed by atoms with E-state index in [1.807, 2.05) is 30.3 Å². The van der Waals surface area contributed by atoms with E-state index < -0.39 is 0 Å². The quantitative estimate of drug-likeness (QED) is 0.890. The Morgan fingerprint density at radius 3 is 2.60 bits per heavy atom. The lowest BCUT2D eigenvalue weighted by Gasteiger charge is -2.06. The van der Waals surface area contributed by atoms with Gasteiger partial charge in [-0.05, 0) is 36.6 Å². The fraction of sp³-hybridized carbons (Fsp3) is 0.235. The standard InChI is InChI=1S/C17H18BrNO/c1-13-4-2-5-14(10-13)8-9-19-17(20)12-15-6-3-7-16(18)11-15/h2-7,10-11H,8-9,12H2,1H3,(H,19,20). The molecule has 0 aliphatic rings. The van der Waals surface area contributed by atoms with E-state index in [1.54, 1.807) is 0 Å². The number of aryl methyl sites for hydroxylation is 1. The molecule has 2 aromatic carbocycles. The predicted molar refractivity (Wildman–Crippen MR) is 85.7 cm³/mol. The molecule has 0 fully saturated rings. The van der Waals surface area contributed by atoms with Crippen LogP contribution in [0.5, 0.6) is 0 Å². The molecule has 0 spiro atoms. The van der Waals surface area contributed by atoms with E-state index in [4.69, 9.17) is 0 Å². The average Bonchev–Trinajstić information content (AvgIpc) is 2.38. The molecule has 0 aliphatic heterocycles. The first kappa shape index (κ1) is 14.8. The third-order valence-corrected chi connectivity index (χ3v) is 3.57. The molecule has 0 radical (unpaired) electrons. The Bertz CT molecular complexity index is 595. The summed E-state index contributed by atoms with van der Waals surface area (Å²) in [6.45, 7) is 2.76. The van der Waals surface area contributed by atoms with Crippen molar-refractivity contribution in [3.05, 3.63) is 69.7 Å². The Hall–Kier alpha value is -1.61. The van der Waals surface area contributed by atoms with Crippen LogP contribution in [-0.2, 0) is 17.6 Å². The highest BCUT2D eigenvalue weighted by molar-refractivity contribution is 9.10. The summed E-state index contributed by atoms with van der Waals surface area (Å²) in [5.41, 5.74) is 3.53. The van der Waals surface area contributed by atoms with Crippen LogP contribution in [0.15, 0.2) is 53.0 Å². The number of hydrogen-bond donors (Lipinski definition) is 1. The van der Waals surface area contributed by atoms with E-state index in [9.17, 15) is 4.79 Å². The molecule has 0 aliphatic carbocycles. The van der Waals surface area contributed by atoms with Crippen molar-refractivity contribution < 1.29 is 4.79 Å². The normalized spacial score (nSPS) is 10.3. The lowest BCUT2D eigenvalue weighted by atomic mass is 10.1. The van der Waals surface area contributed by atoms with E-state index in [0.29, 0.717) is 13.0 Å². The second-order valence-electron chi connectivity index (χ2n) is 4.90. The van der Waals surface area contributed by atoms with Crippen LogP contribution in [0.25, 0.3) is 0 Å². The maximum Gasteiger partial charge on any atom is 0.224 e. The van der Waals surface area contributed by atoms with Crippen LogP contribution in [0.2, 0.25) is 0 Å². The minimum absolute atomic E-state index is 0.0655. The molecule has 0 aromatic heterocycles. The minimum Gasteiger partial charge on any atom is -0.355 e. The molecule has 1 amide bonds. The van der Waals surface area contributed by atoms with E-state index in [2.05, 4.69) is 46.4 Å². The molecule has 0 atom stereocenters. The molecular weight excluding hydrogens is 314 g/mol. The molecule has 20 heavy (non-hydrogen) atoms. The summed E-state index contributed by atoms with van der Waals surface area (Å²) in [7, 11) is 0. The van der Waals surface area contributed by atoms with Crippen LogP contribution in [0.1, 0.15) is 16.7 Å². The number of nitrogens with one attached hydrogen (secondary N) is 1. The number of halogens is 1. The van der Waals surface area contributed by atoms with Gasteiger partial charge in [-0.2, -0.15) is 0 Å². The number of rotatable bonds is 5. The predicted octanol–water partition coefficient (Wildman–Crippen LogP) is 3.66. The van der Waals surface area contributed by atoms with Gasteiger partial charge < -0.3 is 5.32 Å². The highest BCUT2D eigenvalue weighted by Gasteiger charge is 2.03. The fourth-order valence-electron chi connectivity index (χ4n) is 2.11. The van der Waals surface area contributed by atoms with E-state index >= 15 is 0 Å². The summed E-state index contributed by atoms with van der Waals surface area (Å²) in [5, 5.41) is 2.96. The first-order chi connectivity index (χ1) is 9.63.